The lowest BCUT2D eigenvalue weighted by Gasteiger charge is -2.12. The van der Waals surface area contributed by atoms with Crippen molar-refractivity contribution < 1.29 is 26.7 Å². The van der Waals surface area contributed by atoms with Crippen LogP contribution in [-0.2, 0) is 19.9 Å². The fourth-order valence-electron chi connectivity index (χ4n) is 1.75. The van der Waals surface area contributed by atoms with Crippen LogP contribution in [0.25, 0.3) is 0 Å². The first kappa shape index (κ1) is 16.0. The van der Waals surface area contributed by atoms with Gasteiger partial charge in [0.2, 0.25) is 10.0 Å². The third-order valence-electron chi connectivity index (χ3n) is 2.70. The zero-order chi connectivity index (χ0) is 15.8. The second kappa shape index (κ2) is 5.41. The molecule has 1 aliphatic heterocycles. The Morgan fingerprint density at radius 1 is 1.38 bits per heavy atom. The van der Waals surface area contributed by atoms with Gasteiger partial charge in [-0.25, -0.2) is 26.4 Å². The van der Waals surface area contributed by atoms with Gasteiger partial charge in [-0.15, -0.1) is 0 Å². The molecule has 0 spiro atoms. The number of carbonyl (C=O) groups is 1. The van der Waals surface area contributed by atoms with Crippen LogP contribution in [0.5, 0.6) is 0 Å². The molecule has 10 heteroatoms. The standard InChI is InChI=1S/C11H10ClNO6S2/c12-9-2-1-7(11(14)15)5-10(9)21(18,19)13-8-3-4-20(16,17)6-8/h1-5,8,13H,6H2,(H,14,15)/t8-/m0/s1. The lowest BCUT2D eigenvalue weighted by Crippen LogP contribution is -2.35. The fraction of sp³-hybridized carbons (Fsp3) is 0.182. The van der Waals surface area contributed by atoms with Crippen LogP contribution in [0.15, 0.2) is 34.6 Å². The van der Waals surface area contributed by atoms with Gasteiger partial charge in [-0.3, -0.25) is 0 Å². The van der Waals surface area contributed by atoms with Crippen molar-refractivity contribution in [1.82, 2.24) is 4.72 Å². The highest BCUT2D eigenvalue weighted by Crippen LogP contribution is 2.23. The molecule has 1 atom stereocenters. The number of hydrogen-bond donors (Lipinski definition) is 2. The van der Waals surface area contributed by atoms with E-state index < -0.39 is 36.8 Å². The Hall–Kier alpha value is -1.42. The smallest absolute Gasteiger partial charge is 0.335 e. The van der Waals surface area contributed by atoms with Gasteiger partial charge in [-0.1, -0.05) is 17.7 Å². The van der Waals surface area contributed by atoms with Crippen molar-refractivity contribution in [3.05, 3.63) is 40.3 Å². The van der Waals surface area contributed by atoms with E-state index in [1.807, 2.05) is 0 Å². The number of hydrogen-bond acceptors (Lipinski definition) is 5. The zero-order valence-electron chi connectivity index (χ0n) is 10.4. The molecule has 1 heterocycles. The van der Waals surface area contributed by atoms with E-state index in [2.05, 4.69) is 4.72 Å². The second-order valence-corrected chi connectivity index (χ2v) is 8.36. The van der Waals surface area contributed by atoms with Gasteiger partial charge < -0.3 is 5.11 Å². The third kappa shape index (κ3) is 3.62. The van der Waals surface area contributed by atoms with Gasteiger partial charge in [0.05, 0.1) is 22.4 Å². The molecular weight excluding hydrogens is 342 g/mol. The minimum Gasteiger partial charge on any atom is -0.478 e. The molecule has 2 N–H and O–H groups in total. The van der Waals surface area contributed by atoms with Crippen molar-refractivity contribution in [2.24, 2.45) is 0 Å². The molecule has 0 unspecified atom stereocenters. The minimum atomic E-state index is -4.14. The zero-order valence-corrected chi connectivity index (χ0v) is 12.7. The highest BCUT2D eigenvalue weighted by Gasteiger charge is 2.28. The molecule has 2 rings (SSSR count). The first-order valence-electron chi connectivity index (χ1n) is 5.57. The van der Waals surface area contributed by atoms with Crippen molar-refractivity contribution in [2.75, 3.05) is 5.75 Å². The summed E-state index contributed by atoms with van der Waals surface area (Å²) in [6, 6.07) is 2.33. The highest BCUT2D eigenvalue weighted by molar-refractivity contribution is 7.94. The monoisotopic (exact) mass is 351 g/mol. The van der Waals surface area contributed by atoms with Crippen LogP contribution >= 0.6 is 11.6 Å². The molecule has 114 valence electrons. The summed E-state index contributed by atoms with van der Waals surface area (Å²) in [5, 5.41) is 9.64. The molecule has 0 amide bonds. The highest BCUT2D eigenvalue weighted by atomic mass is 35.5. The van der Waals surface area contributed by atoms with Gasteiger partial charge in [0.25, 0.3) is 0 Å². The van der Waals surface area contributed by atoms with Gasteiger partial charge in [-0.05, 0) is 18.2 Å². The second-order valence-electron chi connectivity index (χ2n) is 4.34. The first-order chi connectivity index (χ1) is 9.61. The number of benzene rings is 1. The summed E-state index contributed by atoms with van der Waals surface area (Å²) >= 11 is 5.78. The topological polar surface area (TPSA) is 118 Å². The maximum absolute atomic E-state index is 12.2. The molecule has 1 aliphatic rings. The minimum absolute atomic E-state index is 0.155. The number of aromatic carboxylic acids is 1. The molecule has 0 saturated heterocycles. The Morgan fingerprint density at radius 2 is 2.05 bits per heavy atom. The van der Waals surface area contributed by atoms with Crippen LogP contribution in [0.1, 0.15) is 10.4 Å². The van der Waals surface area contributed by atoms with Crippen molar-refractivity contribution >= 4 is 37.4 Å². The Morgan fingerprint density at radius 3 is 2.57 bits per heavy atom. The quantitative estimate of drug-likeness (QED) is 0.821. The van der Waals surface area contributed by atoms with Gasteiger partial charge in [0.15, 0.2) is 9.84 Å². The Bertz CT molecular complexity index is 828. The molecule has 21 heavy (non-hydrogen) atoms. The van der Waals surface area contributed by atoms with Crippen molar-refractivity contribution in [3.8, 4) is 0 Å². The maximum Gasteiger partial charge on any atom is 0.335 e. The van der Waals surface area contributed by atoms with Crippen LogP contribution in [0.3, 0.4) is 0 Å². The molecule has 1 aromatic rings. The number of halogens is 1. The summed E-state index contributed by atoms with van der Waals surface area (Å²) < 4.78 is 49.0. The summed E-state index contributed by atoms with van der Waals surface area (Å²) in [5.74, 6) is -1.69. The molecule has 0 radical (unpaired) electrons. The Balaban J connectivity index is 2.34. The van der Waals surface area contributed by atoms with E-state index in [9.17, 15) is 21.6 Å². The van der Waals surface area contributed by atoms with Crippen LogP contribution in [0.2, 0.25) is 5.02 Å². The number of carboxylic acid groups (broad SMARTS) is 1. The summed E-state index contributed by atoms with van der Waals surface area (Å²) in [7, 11) is -7.56. The van der Waals surface area contributed by atoms with Crippen molar-refractivity contribution in [1.29, 1.82) is 0 Å². The van der Waals surface area contributed by atoms with Gasteiger partial charge in [0, 0.05) is 5.41 Å². The molecular formula is C11H10ClNO6S2. The number of nitrogens with one attached hydrogen (secondary N) is 1. The normalized spacial score (nSPS) is 20.5. The average Bonchev–Trinajstić information content (AvgIpc) is 2.67. The van der Waals surface area contributed by atoms with Gasteiger partial charge in [0.1, 0.15) is 4.90 Å². The largest absolute Gasteiger partial charge is 0.478 e. The van der Waals surface area contributed by atoms with Crippen molar-refractivity contribution in [2.45, 2.75) is 10.9 Å². The van der Waals surface area contributed by atoms with E-state index >= 15 is 0 Å². The average molecular weight is 352 g/mol. The van der Waals surface area contributed by atoms with Crippen LogP contribution < -0.4 is 4.72 Å². The predicted molar refractivity (Wildman–Crippen MR) is 75.4 cm³/mol. The predicted octanol–water partition coefficient (Wildman–Crippen LogP) is 0.627. The van der Waals surface area contributed by atoms with Crippen molar-refractivity contribution in [3.63, 3.8) is 0 Å². The lowest BCUT2D eigenvalue weighted by atomic mass is 10.2. The number of sulfone groups is 1. The van der Waals surface area contributed by atoms with Crippen LogP contribution in [0, 0.1) is 0 Å². The molecule has 7 nitrogen and oxygen atoms in total. The van der Waals surface area contributed by atoms with Gasteiger partial charge in [-0.2, -0.15) is 0 Å². The maximum atomic E-state index is 12.2. The lowest BCUT2D eigenvalue weighted by molar-refractivity contribution is 0.0696. The van der Waals surface area contributed by atoms with Crippen LogP contribution in [-0.4, -0.2) is 39.7 Å². The summed E-state index contributed by atoms with van der Waals surface area (Å²) in [6.07, 6.45) is 1.21. The Labute approximate surface area is 126 Å². The Kier molecular flexibility index (Phi) is 4.11. The molecule has 1 aromatic carbocycles. The number of sulfonamides is 1. The molecule has 0 fully saturated rings. The third-order valence-corrected chi connectivity index (χ3v) is 6.07. The van der Waals surface area contributed by atoms with Crippen LogP contribution in [0.4, 0.5) is 0 Å². The first-order valence-corrected chi connectivity index (χ1v) is 9.14. The summed E-state index contributed by atoms with van der Waals surface area (Å²) in [4.78, 5) is 10.5. The van der Waals surface area contributed by atoms with Gasteiger partial charge >= 0.3 is 5.97 Å². The molecule has 0 aliphatic carbocycles. The summed E-state index contributed by atoms with van der Waals surface area (Å²) in [5.41, 5.74) is -0.241. The van der Waals surface area contributed by atoms with E-state index in [1.54, 1.807) is 0 Å². The number of carboxylic acids is 1. The molecule has 0 saturated carbocycles. The van der Waals surface area contributed by atoms with E-state index in [0.29, 0.717) is 0 Å². The fourth-order valence-corrected chi connectivity index (χ4v) is 4.81. The van der Waals surface area contributed by atoms with E-state index in [4.69, 9.17) is 16.7 Å². The van der Waals surface area contributed by atoms with E-state index in [1.165, 1.54) is 12.1 Å². The van der Waals surface area contributed by atoms with E-state index in [0.717, 1.165) is 17.5 Å². The summed E-state index contributed by atoms with van der Waals surface area (Å²) in [6.45, 7) is 0. The number of rotatable bonds is 4. The van der Waals surface area contributed by atoms with E-state index in [-0.39, 0.29) is 16.3 Å². The molecule has 0 bridgehead atoms. The molecule has 0 aromatic heterocycles. The SMILES string of the molecule is O=C(O)c1ccc(Cl)c(S(=O)(=O)N[C@H]2C=CS(=O)(=O)C2)c1.